The van der Waals surface area contributed by atoms with Gasteiger partial charge in [-0.15, -0.1) is 0 Å². The largest absolute Gasteiger partial charge is 0.382 e. The highest BCUT2D eigenvalue weighted by Crippen LogP contribution is 2.23. The number of carbonyl (C=O) groups excluding carboxylic acids is 2. The number of anilines is 3. The maximum absolute atomic E-state index is 12.7. The molecule has 2 rings (SSSR count). The van der Waals surface area contributed by atoms with Crippen LogP contribution in [0.25, 0.3) is 0 Å². The number of amides is 3. The van der Waals surface area contributed by atoms with Gasteiger partial charge in [0.05, 0.1) is 5.56 Å². The van der Waals surface area contributed by atoms with E-state index < -0.39 is 0 Å². The Morgan fingerprint density at radius 1 is 1.00 bits per heavy atom. The van der Waals surface area contributed by atoms with Crippen LogP contribution in [0.5, 0.6) is 0 Å². The lowest BCUT2D eigenvalue weighted by atomic mass is 10.1. The number of nitrogens with one attached hydrogen (secondary N) is 3. The van der Waals surface area contributed by atoms with Crippen molar-refractivity contribution in [1.82, 2.24) is 5.32 Å². The molecule has 0 aromatic heterocycles. The van der Waals surface area contributed by atoms with Crippen molar-refractivity contribution >= 4 is 29.0 Å². The molecule has 3 amide bonds. The Balaban J connectivity index is 2.06. The van der Waals surface area contributed by atoms with Gasteiger partial charge in [0, 0.05) is 50.9 Å². The zero-order valence-electron chi connectivity index (χ0n) is 18.2. The lowest BCUT2D eigenvalue weighted by molar-refractivity contribution is 0.0944. The fourth-order valence-corrected chi connectivity index (χ4v) is 2.96. The van der Waals surface area contributed by atoms with Gasteiger partial charge < -0.3 is 25.6 Å². The number of hydrogen-bond acceptors (Lipinski definition) is 4. The predicted octanol–water partition coefficient (Wildman–Crippen LogP) is 4.12. The highest BCUT2D eigenvalue weighted by Gasteiger charge is 2.15. The summed E-state index contributed by atoms with van der Waals surface area (Å²) in [6, 6.07) is 12.6. The lowest BCUT2D eigenvalue weighted by Gasteiger charge is -2.18. The standard InChI is InChI=1S/C23H32N4O3/c1-5-17-9-7-10-18(15-17)25-23(29)26-19-11-12-21(27(3)4)20(16-19)22(28)24-13-8-14-30-6-2/h7,9-12,15-16H,5-6,8,13-14H2,1-4H3,(H,24,28)(H2,25,26,29). The van der Waals surface area contributed by atoms with Crippen molar-refractivity contribution in [1.29, 1.82) is 0 Å². The molecule has 0 saturated carbocycles. The molecule has 0 saturated heterocycles. The van der Waals surface area contributed by atoms with Crippen LogP contribution in [0.15, 0.2) is 42.5 Å². The Hall–Kier alpha value is -3.06. The Bertz CT molecular complexity index is 852. The summed E-state index contributed by atoms with van der Waals surface area (Å²) in [6.45, 7) is 5.80. The molecule has 3 N–H and O–H groups in total. The fourth-order valence-electron chi connectivity index (χ4n) is 2.96. The van der Waals surface area contributed by atoms with E-state index in [0.717, 1.165) is 29.8 Å². The molecule has 0 unspecified atom stereocenters. The van der Waals surface area contributed by atoms with Gasteiger partial charge in [-0.05, 0) is 55.7 Å². The molecule has 162 valence electrons. The zero-order valence-corrected chi connectivity index (χ0v) is 18.2. The van der Waals surface area contributed by atoms with Crippen LogP contribution in [-0.2, 0) is 11.2 Å². The number of nitrogens with zero attached hydrogens (tertiary/aromatic N) is 1. The normalized spacial score (nSPS) is 10.4. The second-order valence-electron chi connectivity index (χ2n) is 7.07. The summed E-state index contributed by atoms with van der Waals surface area (Å²) in [5.41, 5.74) is 3.70. The molecule has 0 spiro atoms. The number of aryl methyl sites for hydroxylation is 1. The molecule has 2 aromatic carbocycles. The Morgan fingerprint density at radius 3 is 2.40 bits per heavy atom. The lowest BCUT2D eigenvalue weighted by Crippen LogP contribution is -2.27. The molecular weight excluding hydrogens is 380 g/mol. The van der Waals surface area contributed by atoms with E-state index in [1.807, 2.05) is 56.3 Å². The van der Waals surface area contributed by atoms with E-state index in [4.69, 9.17) is 4.74 Å². The summed E-state index contributed by atoms with van der Waals surface area (Å²) in [6.07, 6.45) is 1.64. The van der Waals surface area contributed by atoms with Gasteiger partial charge in [-0.25, -0.2) is 4.79 Å². The van der Waals surface area contributed by atoms with E-state index in [1.165, 1.54) is 0 Å². The third kappa shape index (κ3) is 7.08. The average Bonchev–Trinajstić information content (AvgIpc) is 2.73. The summed E-state index contributed by atoms with van der Waals surface area (Å²) in [5, 5.41) is 8.55. The zero-order chi connectivity index (χ0) is 21.9. The summed E-state index contributed by atoms with van der Waals surface area (Å²) >= 11 is 0. The fraction of sp³-hybridized carbons (Fsp3) is 0.391. The Kier molecular flexibility index (Phi) is 9.15. The number of ether oxygens (including phenoxy) is 1. The van der Waals surface area contributed by atoms with Crippen molar-refractivity contribution in [2.24, 2.45) is 0 Å². The maximum atomic E-state index is 12.7. The quantitative estimate of drug-likeness (QED) is 0.513. The summed E-state index contributed by atoms with van der Waals surface area (Å²) in [7, 11) is 3.75. The van der Waals surface area contributed by atoms with Gasteiger partial charge in [0.1, 0.15) is 0 Å². The molecule has 0 bridgehead atoms. The third-order valence-corrected chi connectivity index (χ3v) is 4.53. The highest BCUT2D eigenvalue weighted by molar-refractivity contribution is 6.04. The van der Waals surface area contributed by atoms with Crippen molar-refractivity contribution in [2.45, 2.75) is 26.7 Å². The first-order valence-electron chi connectivity index (χ1n) is 10.3. The van der Waals surface area contributed by atoms with Gasteiger partial charge >= 0.3 is 6.03 Å². The molecule has 7 nitrogen and oxygen atoms in total. The predicted molar refractivity (Wildman–Crippen MR) is 123 cm³/mol. The van der Waals surface area contributed by atoms with Gasteiger partial charge in [-0.3, -0.25) is 4.79 Å². The average molecular weight is 413 g/mol. The van der Waals surface area contributed by atoms with Crippen molar-refractivity contribution in [2.75, 3.05) is 49.4 Å². The summed E-state index contributed by atoms with van der Waals surface area (Å²) < 4.78 is 5.30. The number of carbonyl (C=O) groups is 2. The highest BCUT2D eigenvalue weighted by atomic mass is 16.5. The number of rotatable bonds is 10. The van der Waals surface area contributed by atoms with Gasteiger partial charge in [0.15, 0.2) is 0 Å². The van der Waals surface area contributed by atoms with Crippen molar-refractivity contribution in [3.63, 3.8) is 0 Å². The van der Waals surface area contributed by atoms with Crippen molar-refractivity contribution < 1.29 is 14.3 Å². The van der Waals surface area contributed by atoms with Gasteiger partial charge in [-0.2, -0.15) is 0 Å². The Labute approximate surface area is 178 Å². The monoisotopic (exact) mass is 412 g/mol. The Morgan fingerprint density at radius 2 is 1.73 bits per heavy atom. The second-order valence-corrected chi connectivity index (χ2v) is 7.07. The molecule has 7 heteroatoms. The van der Waals surface area contributed by atoms with E-state index in [1.54, 1.807) is 12.1 Å². The van der Waals surface area contributed by atoms with Gasteiger partial charge in [0.25, 0.3) is 5.91 Å². The number of benzene rings is 2. The van der Waals surface area contributed by atoms with E-state index in [0.29, 0.717) is 31.0 Å². The van der Waals surface area contributed by atoms with Gasteiger partial charge in [-0.1, -0.05) is 19.1 Å². The van der Waals surface area contributed by atoms with Crippen LogP contribution in [0.3, 0.4) is 0 Å². The molecule has 0 aliphatic heterocycles. The first-order valence-corrected chi connectivity index (χ1v) is 10.3. The molecular formula is C23H32N4O3. The van der Waals surface area contributed by atoms with E-state index in [-0.39, 0.29) is 11.9 Å². The van der Waals surface area contributed by atoms with E-state index >= 15 is 0 Å². The van der Waals surface area contributed by atoms with E-state index in [9.17, 15) is 9.59 Å². The molecule has 0 fully saturated rings. The minimum Gasteiger partial charge on any atom is -0.382 e. The third-order valence-electron chi connectivity index (χ3n) is 4.53. The van der Waals surface area contributed by atoms with Crippen LogP contribution in [0.1, 0.15) is 36.2 Å². The minimum absolute atomic E-state index is 0.185. The molecule has 0 radical (unpaired) electrons. The first kappa shape index (κ1) is 23.2. The first-order chi connectivity index (χ1) is 14.4. The second kappa shape index (κ2) is 11.8. The summed E-state index contributed by atoms with van der Waals surface area (Å²) in [5.74, 6) is -0.185. The van der Waals surface area contributed by atoms with Crippen LogP contribution in [0.4, 0.5) is 21.9 Å². The van der Waals surface area contributed by atoms with Crippen LogP contribution in [-0.4, -0.2) is 45.8 Å². The van der Waals surface area contributed by atoms with Gasteiger partial charge in [0.2, 0.25) is 0 Å². The summed E-state index contributed by atoms with van der Waals surface area (Å²) in [4.78, 5) is 27.0. The van der Waals surface area contributed by atoms with Crippen molar-refractivity contribution in [3.8, 4) is 0 Å². The molecule has 0 heterocycles. The van der Waals surface area contributed by atoms with Crippen LogP contribution in [0, 0.1) is 0 Å². The molecule has 2 aromatic rings. The number of hydrogen-bond donors (Lipinski definition) is 3. The van der Waals surface area contributed by atoms with E-state index in [2.05, 4.69) is 22.9 Å². The van der Waals surface area contributed by atoms with Crippen molar-refractivity contribution in [3.05, 3.63) is 53.6 Å². The molecule has 30 heavy (non-hydrogen) atoms. The number of urea groups is 1. The molecule has 0 aliphatic carbocycles. The van der Waals surface area contributed by atoms with Crippen LogP contribution >= 0.6 is 0 Å². The minimum atomic E-state index is -0.357. The van der Waals surface area contributed by atoms with Crippen LogP contribution in [0.2, 0.25) is 0 Å². The SMILES string of the molecule is CCOCCCNC(=O)c1cc(NC(=O)Nc2cccc(CC)c2)ccc1N(C)C. The topological polar surface area (TPSA) is 82.7 Å². The van der Waals surface area contributed by atoms with Crippen LogP contribution < -0.4 is 20.9 Å². The molecule has 0 atom stereocenters. The maximum Gasteiger partial charge on any atom is 0.323 e. The smallest absolute Gasteiger partial charge is 0.323 e. The molecule has 0 aliphatic rings.